The SMILES string of the molecule is COCCOCCOCCOCCOCCN(C)c1cc2cc3sc(C=O)cc3cc2s1. The molecule has 0 bridgehead atoms. The van der Waals surface area contributed by atoms with Crippen molar-refractivity contribution >= 4 is 54.1 Å². The van der Waals surface area contributed by atoms with Crippen LogP contribution in [0.5, 0.6) is 0 Å². The molecular weight excluding hydrogens is 450 g/mol. The van der Waals surface area contributed by atoms with Crippen molar-refractivity contribution < 1.29 is 28.5 Å². The Balaban J connectivity index is 1.26. The van der Waals surface area contributed by atoms with Crippen molar-refractivity contribution in [3.63, 3.8) is 0 Å². The average molecular weight is 482 g/mol. The first-order chi connectivity index (χ1) is 15.7. The van der Waals surface area contributed by atoms with Crippen LogP contribution in [0.15, 0.2) is 24.3 Å². The first kappa shape index (κ1) is 25.0. The van der Waals surface area contributed by atoms with Gasteiger partial charge in [-0.2, -0.15) is 0 Å². The number of benzene rings is 1. The van der Waals surface area contributed by atoms with Crippen LogP contribution in [-0.4, -0.2) is 86.5 Å². The van der Waals surface area contributed by atoms with Gasteiger partial charge in [-0.3, -0.25) is 4.79 Å². The largest absolute Gasteiger partial charge is 0.382 e. The number of carbonyl (C=O) groups excluding carboxylic acids is 1. The Morgan fingerprint density at radius 3 is 1.88 bits per heavy atom. The minimum atomic E-state index is 0.551. The number of aldehydes is 1. The molecule has 3 rings (SSSR count). The van der Waals surface area contributed by atoms with Crippen molar-refractivity contribution in [2.75, 3.05) is 85.1 Å². The highest BCUT2D eigenvalue weighted by Crippen LogP contribution is 2.37. The third-order valence-electron chi connectivity index (χ3n) is 4.77. The topological polar surface area (TPSA) is 66.5 Å². The predicted molar refractivity (Wildman–Crippen MR) is 131 cm³/mol. The molecule has 32 heavy (non-hydrogen) atoms. The fourth-order valence-electron chi connectivity index (χ4n) is 3.04. The van der Waals surface area contributed by atoms with Crippen molar-refractivity contribution in [3.8, 4) is 0 Å². The van der Waals surface area contributed by atoms with Crippen LogP contribution in [0.2, 0.25) is 0 Å². The number of hydrogen-bond donors (Lipinski definition) is 0. The van der Waals surface area contributed by atoms with Crippen molar-refractivity contribution in [3.05, 3.63) is 29.1 Å². The summed E-state index contributed by atoms with van der Waals surface area (Å²) in [4.78, 5) is 14.0. The molecule has 0 atom stereocenters. The number of rotatable bonds is 17. The first-order valence-electron chi connectivity index (χ1n) is 10.6. The number of nitrogens with zero attached hydrogens (tertiary/aromatic N) is 1. The summed E-state index contributed by atoms with van der Waals surface area (Å²) in [6, 6.07) is 8.49. The van der Waals surface area contributed by atoms with E-state index >= 15 is 0 Å². The van der Waals surface area contributed by atoms with E-state index in [-0.39, 0.29) is 0 Å². The minimum Gasteiger partial charge on any atom is -0.382 e. The maximum atomic E-state index is 11.0. The lowest BCUT2D eigenvalue weighted by Crippen LogP contribution is -2.22. The van der Waals surface area contributed by atoms with Crippen molar-refractivity contribution in [2.45, 2.75) is 0 Å². The normalized spacial score (nSPS) is 11.6. The zero-order valence-electron chi connectivity index (χ0n) is 18.7. The molecule has 0 aliphatic carbocycles. The summed E-state index contributed by atoms with van der Waals surface area (Å²) < 4.78 is 29.2. The van der Waals surface area contributed by atoms with E-state index in [1.807, 2.05) is 6.07 Å². The Hall–Kier alpha value is -1.59. The smallest absolute Gasteiger partial charge is 0.160 e. The summed E-state index contributed by atoms with van der Waals surface area (Å²) in [7, 11) is 3.73. The Morgan fingerprint density at radius 1 is 0.750 bits per heavy atom. The van der Waals surface area contributed by atoms with Crippen LogP contribution in [0.25, 0.3) is 20.2 Å². The molecule has 0 amide bonds. The van der Waals surface area contributed by atoms with E-state index in [0.717, 1.165) is 27.8 Å². The van der Waals surface area contributed by atoms with Crippen LogP contribution in [0.4, 0.5) is 5.00 Å². The van der Waals surface area contributed by atoms with Gasteiger partial charge < -0.3 is 28.6 Å². The van der Waals surface area contributed by atoms with Crippen LogP contribution in [-0.2, 0) is 23.7 Å². The van der Waals surface area contributed by atoms with Gasteiger partial charge in [0.1, 0.15) is 0 Å². The fourth-order valence-corrected chi connectivity index (χ4v) is 5.03. The molecule has 0 radical (unpaired) electrons. The molecule has 176 valence electrons. The second-order valence-electron chi connectivity index (χ2n) is 7.14. The van der Waals surface area contributed by atoms with Crippen LogP contribution in [0, 0.1) is 0 Å². The summed E-state index contributed by atoms with van der Waals surface area (Å²) >= 11 is 3.29. The summed E-state index contributed by atoms with van der Waals surface area (Å²) in [6.45, 7) is 6.00. The number of hydrogen-bond acceptors (Lipinski definition) is 9. The zero-order valence-corrected chi connectivity index (χ0v) is 20.3. The van der Waals surface area contributed by atoms with Crippen molar-refractivity contribution in [1.29, 1.82) is 0 Å². The molecule has 1 aromatic carbocycles. The molecule has 0 saturated carbocycles. The average Bonchev–Trinajstić information content (AvgIpc) is 3.40. The summed E-state index contributed by atoms with van der Waals surface area (Å²) in [5.74, 6) is 0. The number of thiophene rings is 2. The van der Waals surface area contributed by atoms with Gasteiger partial charge in [0.2, 0.25) is 0 Å². The van der Waals surface area contributed by atoms with Gasteiger partial charge in [-0.05, 0) is 35.0 Å². The molecule has 0 spiro atoms. The molecule has 0 fully saturated rings. The van der Waals surface area contributed by atoms with E-state index in [4.69, 9.17) is 23.7 Å². The molecule has 0 saturated heterocycles. The number of methoxy groups -OCH3 is 1. The molecule has 3 aromatic rings. The Kier molecular flexibility index (Phi) is 10.8. The lowest BCUT2D eigenvalue weighted by atomic mass is 10.2. The number of anilines is 1. The minimum absolute atomic E-state index is 0.551. The summed E-state index contributed by atoms with van der Waals surface area (Å²) in [5, 5.41) is 3.54. The van der Waals surface area contributed by atoms with Gasteiger partial charge in [-0.1, -0.05) is 0 Å². The van der Waals surface area contributed by atoms with E-state index in [1.54, 1.807) is 18.4 Å². The third-order valence-corrected chi connectivity index (χ3v) is 7.01. The van der Waals surface area contributed by atoms with Crippen LogP contribution in [0.1, 0.15) is 9.67 Å². The monoisotopic (exact) mass is 481 g/mol. The molecule has 9 heteroatoms. The Labute approximate surface area is 196 Å². The number of likely N-dealkylation sites (N-methyl/N-ethyl adjacent to an activating group) is 1. The predicted octanol–water partition coefficient (Wildman–Crippen LogP) is 4.08. The summed E-state index contributed by atoms with van der Waals surface area (Å²) in [6.07, 6.45) is 0.916. The summed E-state index contributed by atoms with van der Waals surface area (Å²) in [5.41, 5.74) is 0. The quantitative estimate of drug-likeness (QED) is 0.213. The second-order valence-corrected chi connectivity index (χ2v) is 9.32. The molecule has 2 aromatic heterocycles. The molecule has 0 unspecified atom stereocenters. The van der Waals surface area contributed by atoms with E-state index in [1.165, 1.54) is 26.4 Å². The standard InChI is InChI=1S/C23H31NO6S2/c1-24(3-4-27-7-8-29-11-12-30-10-9-28-6-5-26-2)23-16-19-15-21-18(14-22(19)32-23)13-20(17-25)31-21/h13-17H,3-12H2,1-2H3. The van der Waals surface area contributed by atoms with Gasteiger partial charge in [0, 0.05) is 30.1 Å². The van der Waals surface area contributed by atoms with Gasteiger partial charge in [0.15, 0.2) is 6.29 Å². The van der Waals surface area contributed by atoms with Crippen LogP contribution in [0.3, 0.4) is 0 Å². The fraction of sp³-hybridized carbons (Fsp3) is 0.522. The first-order valence-corrected chi connectivity index (χ1v) is 12.3. The van der Waals surface area contributed by atoms with Crippen LogP contribution < -0.4 is 4.90 Å². The lowest BCUT2D eigenvalue weighted by Gasteiger charge is -2.16. The van der Waals surface area contributed by atoms with Crippen LogP contribution >= 0.6 is 22.7 Å². The van der Waals surface area contributed by atoms with Gasteiger partial charge in [0.25, 0.3) is 0 Å². The highest BCUT2D eigenvalue weighted by Gasteiger charge is 2.09. The molecular formula is C23H31NO6S2. The van der Waals surface area contributed by atoms with Gasteiger partial charge in [-0.25, -0.2) is 0 Å². The molecule has 0 N–H and O–H groups in total. The van der Waals surface area contributed by atoms with E-state index in [2.05, 4.69) is 30.1 Å². The Morgan fingerprint density at radius 2 is 1.28 bits per heavy atom. The van der Waals surface area contributed by atoms with E-state index in [9.17, 15) is 4.79 Å². The second kappa shape index (κ2) is 13.8. The van der Waals surface area contributed by atoms with Gasteiger partial charge >= 0.3 is 0 Å². The molecule has 0 aliphatic rings. The van der Waals surface area contributed by atoms with Gasteiger partial charge in [0.05, 0.1) is 69.3 Å². The highest BCUT2D eigenvalue weighted by molar-refractivity contribution is 7.23. The third kappa shape index (κ3) is 7.77. The van der Waals surface area contributed by atoms with Crippen molar-refractivity contribution in [1.82, 2.24) is 0 Å². The maximum Gasteiger partial charge on any atom is 0.160 e. The highest BCUT2D eigenvalue weighted by atomic mass is 32.1. The van der Waals surface area contributed by atoms with E-state index in [0.29, 0.717) is 59.5 Å². The lowest BCUT2D eigenvalue weighted by molar-refractivity contribution is -0.00719. The molecule has 0 aliphatic heterocycles. The number of fused-ring (bicyclic) bond motifs is 2. The zero-order chi connectivity index (χ0) is 22.6. The van der Waals surface area contributed by atoms with Gasteiger partial charge in [-0.15, -0.1) is 22.7 Å². The van der Waals surface area contributed by atoms with E-state index < -0.39 is 0 Å². The molecule has 7 nitrogen and oxygen atoms in total. The maximum absolute atomic E-state index is 11.0. The molecule has 2 heterocycles. The number of carbonyl (C=O) groups is 1. The Bertz CT molecular complexity index is 906. The van der Waals surface area contributed by atoms with Crippen molar-refractivity contribution in [2.24, 2.45) is 0 Å². The number of ether oxygens (including phenoxy) is 5.